The molecule has 0 unspecified atom stereocenters. The van der Waals surface area contributed by atoms with Crippen LogP contribution in [-0.4, -0.2) is 41.9 Å². The normalized spacial score (nSPS) is 20.5. The van der Waals surface area contributed by atoms with Crippen molar-refractivity contribution in [1.29, 1.82) is 0 Å². The number of hydrogen-bond acceptors (Lipinski definition) is 2. The summed E-state index contributed by atoms with van der Waals surface area (Å²) in [4.78, 5) is 16.9. The number of aryl methyl sites for hydroxylation is 1. The van der Waals surface area contributed by atoms with Crippen LogP contribution in [0.3, 0.4) is 0 Å². The van der Waals surface area contributed by atoms with Crippen LogP contribution in [0.25, 0.3) is 0 Å². The van der Waals surface area contributed by atoms with E-state index in [-0.39, 0.29) is 0 Å². The number of nitrogens with zero attached hydrogens (tertiary/aromatic N) is 2. The highest BCUT2D eigenvalue weighted by atomic mass is 16.2. The number of carbonyl (C=O) groups is 1. The molecule has 2 fully saturated rings. The van der Waals surface area contributed by atoms with Crippen molar-refractivity contribution in [3.8, 4) is 0 Å². The molecule has 1 aromatic rings. The second-order valence-electron chi connectivity index (χ2n) is 7.00. The van der Waals surface area contributed by atoms with Gasteiger partial charge in [0.2, 0.25) is 5.91 Å². The molecule has 1 heterocycles. The summed E-state index contributed by atoms with van der Waals surface area (Å²) in [5.74, 6) is 1.06. The maximum absolute atomic E-state index is 12.4. The zero-order valence-electron chi connectivity index (χ0n) is 13.8. The van der Waals surface area contributed by atoms with Crippen LogP contribution in [-0.2, 0) is 11.3 Å². The molecule has 3 heteroatoms. The minimum absolute atomic E-state index is 0.391. The molecule has 0 aromatic heterocycles. The first-order valence-electron chi connectivity index (χ1n) is 8.76. The fraction of sp³-hybridized carbons (Fsp3) is 0.632. The Morgan fingerprint density at radius 2 is 1.86 bits per heavy atom. The van der Waals surface area contributed by atoms with E-state index in [0.29, 0.717) is 11.8 Å². The van der Waals surface area contributed by atoms with E-state index in [2.05, 4.69) is 41.0 Å². The van der Waals surface area contributed by atoms with Gasteiger partial charge in [0.15, 0.2) is 0 Å². The second-order valence-corrected chi connectivity index (χ2v) is 7.00. The van der Waals surface area contributed by atoms with Crippen molar-refractivity contribution < 1.29 is 4.79 Å². The van der Waals surface area contributed by atoms with Crippen LogP contribution < -0.4 is 0 Å². The Balaban J connectivity index is 1.44. The first-order chi connectivity index (χ1) is 10.7. The summed E-state index contributed by atoms with van der Waals surface area (Å²) in [6.45, 7) is 6.96. The highest BCUT2D eigenvalue weighted by Crippen LogP contribution is 2.28. The summed E-state index contributed by atoms with van der Waals surface area (Å²) in [6, 6.07) is 8.73. The van der Waals surface area contributed by atoms with Gasteiger partial charge in [0.25, 0.3) is 0 Å². The van der Waals surface area contributed by atoms with Gasteiger partial charge in [-0.3, -0.25) is 9.69 Å². The molecule has 0 atom stereocenters. The van der Waals surface area contributed by atoms with Crippen LogP contribution in [0.4, 0.5) is 0 Å². The number of benzene rings is 1. The Kier molecular flexibility index (Phi) is 5.14. The molecular weight excluding hydrogens is 272 g/mol. The molecule has 1 saturated carbocycles. The topological polar surface area (TPSA) is 23.6 Å². The molecular formula is C19H28N2O. The van der Waals surface area contributed by atoms with E-state index in [0.717, 1.165) is 39.1 Å². The van der Waals surface area contributed by atoms with E-state index in [1.165, 1.54) is 36.8 Å². The Morgan fingerprint density at radius 1 is 1.14 bits per heavy atom. The van der Waals surface area contributed by atoms with E-state index in [1.807, 2.05) is 0 Å². The van der Waals surface area contributed by atoms with Crippen molar-refractivity contribution in [2.45, 2.75) is 45.6 Å². The highest BCUT2D eigenvalue weighted by Gasteiger charge is 2.25. The monoisotopic (exact) mass is 300 g/mol. The van der Waals surface area contributed by atoms with Crippen molar-refractivity contribution in [3.05, 3.63) is 35.4 Å². The summed E-state index contributed by atoms with van der Waals surface area (Å²) in [5.41, 5.74) is 2.70. The summed E-state index contributed by atoms with van der Waals surface area (Å²) in [7, 11) is 0. The zero-order valence-corrected chi connectivity index (χ0v) is 13.8. The van der Waals surface area contributed by atoms with E-state index < -0.39 is 0 Å². The quantitative estimate of drug-likeness (QED) is 0.852. The van der Waals surface area contributed by atoms with Crippen LogP contribution in [0.15, 0.2) is 24.3 Å². The molecule has 1 aliphatic carbocycles. The van der Waals surface area contributed by atoms with Gasteiger partial charge in [-0.15, -0.1) is 0 Å². The molecule has 22 heavy (non-hydrogen) atoms. The van der Waals surface area contributed by atoms with Crippen LogP contribution in [0.1, 0.15) is 43.2 Å². The Morgan fingerprint density at radius 3 is 2.55 bits per heavy atom. The molecule has 2 aliphatic rings. The number of rotatable bonds is 4. The molecule has 1 aliphatic heterocycles. The molecule has 3 nitrogen and oxygen atoms in total. The lowest BCUT2D eigenvalue weighted by Gasteiger charge is -2.35. The largest absolute Gasteiger partial charge is 0.340 e. The fourth-order valence-electron chi connectivity index (χ4n) is 3.81. The predicted octanol–water partition coefficient (Wildman–Crippen LogP) is 3.22. The lowest BCUT2D eigenvalue weighted by Crippen LogP contribution is -2.48. The summed E-state index contributed by atoms with van der Waals surface area (Å²) >= 11 is 0. The summed E-state index contributed by atoms with van der Waals surface area (Å²) in [5, 5.41) is 0. The minimum atomic E-state index is 0.391. The molecule has 1 aromatic carbocycles. The fourth-order valence-corrected chi connectivity index (χ4v) is 3.81. The third kappa shape index (κ3) is 4.10. The van der Waals surface area contributed by atoms with Crippen molar-refractivity contribution in [2.24, 2.45) is 5.92 Å². The molecule has 0 radical (unpaired) electrons. The van der Waals surface area contributed by atoms with E-state index in [1.54, 1.807) is 0 Å². The molecule has 1 saturated heterocycles. The second kappa shape index (κ2) is 7.28. The summed E-state index contributed by atoms with van der Waals surface area (Å²) in [6.07, 6.45) is 5.96. The molecule has 0 bridgehead atoms. The standard InChI is InChI=1S/C19H28N2O/c1-16-5-4-8-18(13-16)15-20-9-11-21(12-10-20)19(22)14-17-6-2-3-7-17/h4-5,8,13,17H,2-3,6-7,9-12,14-15H2,1H3. The maximum Gasteiger partial charge on any atom is 0.222 e. The van der Waals surface area contributed by atoms with E-state index in [9.17, 15) is 4.79 Å². The number of carbonyl (C=O) groups excluding carboxylic acids is 1. The van der Waals surface area contributed by atoms with Gasteiger partial charge in [-0.2, -0.15) is 0 Å². The Bertz CT molecular complexity index is 500. The number of hydrogen-bond donors (Lipinski definition) is 0. The van der Waals surface area contributed by atoms with Gasteiger partial charge in [0.1, 0.15) is 0 Å². The average Bonchev–Trinajstić information content (AvgIpc) is 3.01. The third-order valence-electron chi connectivity index (χ3n) is 5.15. The van der Waals surface area contributed by atoms with Gasteiger partial charge in [0.05, 0.1) is 0 Å². The first kappa shape index (κ1) is 15.5. The predicted molar refractivity (Wildman–Crippen MR) is 89.6 cm³/mol. The average molecular weight is 300 g/mol. The van der Waals surface area contributed by atoms with Gasteiger partial charge >= 0.3 is 0 Å². The van der Waals surface area contributed by atoms with Crippen LogP contribution >= 0.6 is 0 Å². The zero-order chi connectivity index (χ0) is 15.4. The van der Waals surface area contributed by atoms with Crippen LogP contribution in [0.5, 0.6) is 0 Å². The third-order valence-corrected chi connectivity index (χ3v) is 5.15. The molecule has 0 N–H and O–H groups in total. The van der Waals surface area contributed by atoms with Crippen molar-refractivity contribution in [1.82, 2.24) is 9.80 Å². The van der Waals surface area contributed by atoms with Gasteiger partial charge < -0.3 is 4.90 Å². The van der Waals surface area contributed by atoms with Crippen molar-refractivity contribution >= 4 is 5.91 Å². The Hall–Kier alpha value is -1.35. The molecule has 3 rings (SSSR count). The number of piperazine rings is 1. The lowest BCUT2D eigenvalue weighted by atomic mass is 10.0. The highest BCUT2D eigenvalue weighted by molar-refractivity contribution is 5.76. The van der Waals surface area contributed by atoms with Gasteiger partial charge in [0, 0.05) is 39.1 Å². The first-order valence-corrected chi connectivity index (χ1v) is 8.76. The van der Waals surface area contributed by atoms with Crippen molar-refractivity contribution in [3.63, 3.8) is 0 Å². The van der Waals surface area contributed by atoms with Gasteiger partial charge in [-0.05, 0) is 31.2 Å². The number of amides is 1. The van der Waals surface area contributed by atoms with E-state index in [4.69, 9.17) is 0 Å². The molecule has 0 spiro atoms. The van der Waals surface area contributed by atoms with Crippen LogP contribution in [0.2, 0.25) is 0 Å². The summed E-state index contributed by atoms with van der Waals surface area (Å²) < 4.78 is 0. The van der Waals surface area contributed by atoms with Gasteiger partial charge in [-0.1, -0.05) is 42.7 Å². The molecule has 1 amide bonds. The van der Waals surface area contributed by atoms with Crippen LogP contribution in [0, 0.1) is 12.8 Å². The van der Waals surface area contributed by atoms with Gasteiger partial charge in [-0.25, -0.2) is 0 Å². The minimum Gasteiger partial charge on any atom is -0.340 e. The lowest BCUT2D eigenvalue weighted by molar-refractivity contribution is -0.134. The Labute approximate surface area is 134 Å². The smallest absolute Gasteiger partial charge is 0.222 e. The SMILES string of the molecule is Cc1cccc(CN2CCN(C(=O)CC3CCCC3)CC2)c1. The van der Waals surface area contributed by atoms with E-state index >= 15 is 0 Å². The van der Waals surface area contributed by atoms with Crippen molar-refractivity contribution in [2.75, 3.05) is 26.2 Å². The maximum atomic E-state index is 12.4. The molecule has 120 valence electrons.